The maximum Gasteiger partial charge on any atom is 0.261 e. The lowest BCUT2D eigenvalue weighted by Crippen LogP contribution is -2.57. The van der Waals surface area contributed by atoms with Crippen LogP contribution in [0.5, 0.6) is 0 Å². The molecule has 0 saturated heterocycles. The van der Waals surface area contributed by atoms with Crippen LogP contribution in [0.4, 0.5) is 13.2 Å². The monoisotopic (exact) mass is 537 g/mol. The van der Waals surface area contributed by atoms with Crippen LogP contribution in [-0.4, -0.2) is 54.4 Å². The first-order valence-corrected chi connectivity index (χ1v) is 14.4. The number of carbonyl (C=O) groups excluding carboxylic acids is 1. The molecule has 8 atom stereocenters. The summed E-state index contributed by atoms with van der Waals surface area (Å²) < 4.78 is 70.7. The molecule has 5 aliphatic rings. The van der Waals surface area contributed by atoms with Crippen molar-refractivity contribution < 1.29 is 31.5 Å². The molecule has 3 saturated carbocycles. The van der Waals surface area contributed by atoms with Gasteiger partial charge in [-0.1, -0.05) is 32.9 Å². The highest BCUT2D eigenvalue weighted by molar-refractivity contribution is 7.90. The predicted octanol–water partition coefficient (Wildman–Crippen LogP) is 3.35. The highest BCUT2D eigenvalue weighted by Gasteiger charge is 2.81. The van der Waals surface area contributed by atoms with Crippen LogP contribution < -0.4 is 4.72 Å². The Morgan fingerprint density at radius 3 is 2.24 bits per heavy atom. The number of aliphatic hydroxyl groups excluding tert-OH is 1. The van der Waals surface area contributed by atoms with Crippen molar-refractivity contribution in [3.05, 3.63) is 47.0 Å². The minimum Gasteiger partial charge on any atom is -0.511 e. The molecule has 1 aromatic carbocycles. The molecule has 0 radical (unpaired) electrons. The SMILES string of the molecule is CC1C2C([C@H]3[C@@H](C)C(O)=C(C4=NCCS(=O)(=O)N4)C(=O)N3Cc3ccc(F)cc3)C3C(C)C3C(F)(F)C12. The van der Waals surface area contributed by atoms with Crippen molar-refractivity contribution in [2.45, 2.75) is 39.3 Å². The second-order valence-corrected chi connectivity index (χ2v) is 13.3. The van der Waals surface area contributed by atoms with Crippen molar-refractivity contribution in [1.82, 2.24) is 9.62 Å². The summed E-state index contributed by atoms with van der Waals surface area (Å²) in [7, 11) is -3.71. The molecule has 1 amide bonds. The van der Waals surface area contributed by atoms with Crippen LogP contribution in [0.3, 0.4) is 0 Å². The van der Waals surface area contributed by atoms with Crippen LogP contribution in [0.2, 0.25) is 0 Å². The second kappa shape index (κ2) is 7.97. The molecule has 6 unspecified atom stereocenters. The molecule has 6 rings (SSSR count). The lowest BCUT2D eigenvalue weighted by molar-refractivity contribution is -0.137. The summed E-state index contributed by atoms with van der Waals surface area (Å²) in [4.78, 5) is 19.8. The number of rotatable bonds is 4. The molecular weight excluding hydrogens is 507 g/mol. The number of nitrogens with one attached hydrogen (secondary N) is 1. The Morgan fingerprint density at radius 2 is 1.68 bits per heavy atom. The number of amidine groups is 1. The van der Waals surface area contributed by atoms with E-state index in [-0.39, 0.29) is 65.6 Å². The fourth-order valence-corrected chi connectivity index (χ4v) is 8.62. The fourth-order valence-electron chi connectivity index (χ4n) is 7.73. The summed E-state index contributed by atoms with van der Waals surface area (Å²) >= 11 is 0. The number of fused-ring (bicyclic) bond motifs is 2. The number of carbonyl (C=O) groups is 1. The topological polar surface area (TPSA) is 99.1 Å². The molecule has 7 nitrogen and oxygen atoms in total. The Bertz CT molecular complexity index is 1300. The van der Waals surface area contributed by atoms with E-state index in [1.165, 1.54) is 12.1 Å². The molecule has 0 spiro atoms. The minimum atomic E-state index is -3.71. The number of alkyl halides is 2. The summed E-state index contributed by atoms with van der Waals surface area (Å²) in [6, 6.07) is 5.11. The third-order valence-corrected chi connectivity index (χ3v) is 10.7. The number of sulfonamides is 1. The number of hydrogen-bond acceptors (Lipinski definition) is 5. The third kappa shape index (κ3) is 3.63. The van der Waals surface area contributed by atoms with E-state index >= 15 is 8.78 Å². The van der Waals surface area contributed by atoms with Crippen LogP contribution in [-0.2, 0) is 21.4 Å². The molecular formula is C26H30F3N3O4S. The lowest BCUT2D eigenvalue weighted by Gasteiger charge is -2.46. The van der Waals surface area contributed by atoms with Gasteiger partial charge in [0.05, 0.1) is 12.3 Å². The zero-order chi connectivity index (χ0) is 26.6. The molecule has 37 heavy (non-hydrogen) atoms. The van der Waals surface area contributed by atoms with Gasteiger partial charge in [0.2, 0.25) is 10.0 Å². The maximum absolute atomic E-state index is 15.2. The zero-order valence-electron chi connectivity index (χ0n) is 20.7. The Labute approximate surface area is 213 Å². The summed E-state index contributed by atoms with van der Waals surface area (Å²) in [6.45, 7) is 5.43. The first-order chi connectivity index (χ1) is 17.3. The highest BCUT2D eigenvalue weighted by Crippen LogP contribution is 2.77. The van der Waals surface area contributed by atoms with Gasteiger partial charge in [0, 0.05) is 30.3 Å². The van der Waals surface area contributed by atoms with Crippen LogP contribution in [0, 0.1) is 53.2 Å². The van der Waals surface area contributed by atoms with Crippen LogP contribution in [0.25, 0.3) is 0 Å². The number of aliphatic hydroxyl groups is 1. The molecule has 2 N–H and O–H groups in total. The smallest absolute Gasteiger partial charge is 0.261 e. The largest absolute Gasteiger partial charge is 0.511 e. The number of hydrogen-bond donors (Lipinski definition) is 2. The van der Waals surface area contributed by atoms with E-state index in [2.05, 4.69) is 9.71 Å². The molecule has 2 aliphatic heterocycles. The normalized spacial score (nSPS) is 41.4. The van der Waals surface area contributed by atoms with Gasteiger partial charge in [-0.15, -0.1) is 0 Å². The predicted molar refractivity (Wildman–Crippen MR) is 130 cm³/mol. The molecule has 2 heterocycles. The second-order valence-electron chi connectivity index (χ2n) is 11.4. The van der Waals surface area contributed by atoms with E-state index in [4.69, 9.17) is 0 Å². The van der Waals surface area contributed by atoms with Crippen LogP contribution in [0.1, 0.15) is 26.3 Å². The van der Waals surface area contributed by atoms with E-state index in [0.29, 0.717) is 5.56 Å². The van der Waals surface area contributed by atoms with Crippen molar-refractivity contribution in [3.63, 3.8) is 0 Å². The van der Waals surface area contributed by atoms with Crippen LogP contribution in [0.15, 0.2) is 40.6 Å². The number of amides is 1. The molecule has 0 bridgehead atoms. The number of benzene rings is 1. The van der Waals surface area contributed by atoms with E-state index in [0.717, 1.165) is 0 Å². The van der Waals surface area contributed by atoms with Gasteiger partial charge < -0.3 is 10.0 Å². The van der Waals surface area contributed by atoms with Gasteiger partial charge in [-0.2, -0.15) is 0 Å². The first-order valence-electron chi connectivity index (χ1n) is 12.8. The first kappa shape index (κ1) is 24.8. The van der Waals surface area contributed by atoms with Gasteiger partial charge in [-0.05, 0) is 47.3 Å². The van der Waals surface area contributed by atoms with E-state index in [9.17, 15) is 22.7 Å². The van der Waals surface area contributed by atoms with Gasteiger partial charge in [0.25, 0.3) is 11.8 Å². The van der Waals surface area contributed by atoms with E-state index in [1.54, 1.807) is 24.0 Å². The lowest BCUT2D eigenvalue weighted by atomic mass is 9.73. The summed E-state index contributed by atoms with van der Waals surface area (Å²) in [5.74, 6) is -7.82. The fraction of sp³-hybridized carbons (Fsp3) is 0.615. The zero-order valence-corrected chi connectivity index (χ0v) is 21.6. The average molecular weight is 538 g/mol. The molecule has 3 fully saturated rings. The summed E-state index contributed by atoms with van der Waals surface area (Å²) in [6.07, 6.45) is 0. The van der Waals surface area contributed by atoms with Gasteiger partial charge >= 0.3 is 0 Å². The van der Waals surface area contributed by atoms with Crippen LogP contribution >= 0.6 is 0 Å². The molecule has 200 valence electrons. The van der Waals surface area contributed by atoms with Crippen molar-refractivity contribution in [2.75, 3.05) is 12.3 Å². The van der Waals surface area contributed by atoms with Crippen molar-refractivity contribution in [3.8, 4) is 0 Å². The molecule has 3 aliphatic carbocycles. The van der Waals surface area contributed by atoms with Gasteiger partial charge in [0.15, 0.2) is 5.84 Å². The molecule has 0 aromatic heterocycles. The molecule has 11 heteroatoms. The standard InChI is InChI=1S/C26H30F3N3O4S/c1-11-16-18(17-12(2)21(17)26(28,29)20(11)16)22-13(3)23(33)19(24-30-8-9-37(35,36)31-24)25(34)32(22)10-14-4-6-15(27)7-5-14/h4-7,11-13,16-18,20-22,33H,8-10H2,1-3H3,(H,30,31)/t11?,12?,13-,16?,17?,18?,20?,21?,22-/m1/s1. The Hall–Kier alpha value is -2.56. The minimum absolute atomic E-state index is 0.0508. The van der Waals surface area contributed by atoms with Gasteiger partial charge in [0.1, 0.15) is 17.1 Å². The number of aliphatic imine (C=N–C) groups is 1. The molecule has 1 aromatic rings. The Morgan fingerprint density at radius 1 is 1.08 bits per heavy atom. The van der Waals surface area contributed by atoms with E-state index < -0.39 is 51.5 Å². The van der Waals surface area contributed by atoms with Crippen molar-refractivity contribution >= 4 is 21.8 Å². The summed E-state index contributed by atoms with van der Waals surface area (Å²) in [5.41, 5.74) is 0.428. The Kier molecular flexibility index (Phi) is 5.33. The average Bonchev–Trinajstić information content (AvgIpc) is 3.70. The quantitative estimate of drug-likeness (QED) is 0.616. The van der Waals surface area contributed by atoms with Crippen molar-refractivity contribution in [1.29, 1.82) is 0 Å². The van der Waals surface area contributed by atoms with Gasteiger partial charge in [-0.25, -0.2) is 21.6 Å². The summed E-state index contributed by atoms with van der Waals surface area (Å²) in [5, 5.41) is 11.3. The number of nitrogens with zero attached hydrogens (tertiary/aromatic N) is 2. The third-order valence-electron chi connectivity index (χ3n) is 9.49. The van der Waals surface area contributed by atoms with Gasteiger partial charge in [-0.3, -0.25) is 14.5 Å². The maximum atomic E-state index is 15.2. The van der Waals surface area contributed by atoms with Crippen molar-refractivity contribution in [2.24, 2.45) is 52.3 Å². The number of halogens is 3. The highest BCUT2D eigenvalue weighted by atomic mass is 32.2. The van der Waals surface area contributed by atoms with E-state index in [1.807, 2.05) is 13.8 Å². The Balaban J connectivity index is 1.44.